The van der Waals surface area contributed by atoms with Gasteiger partial charge in [-0.05, 0) is 30.5 Å². The summed E-state index contributed by atoms with van der Waals surface area (Å²) in [6.45, 7) is 1.24. The first-order valence-electron chi connectivity index (χ1n) is 6.90. The Morgan fingerprint density at radius 2 is 2.15 bits per heavy atom. The predicted octanol–water partition coefficient (Wildman–Crippen LogP) is 2.84. The molecule has 1 saturated carbocycles. The third-order valence-corrected chi connectivity index (χ3v) is 3.73. The molecule has 20 heavy (non-hydrogen) atoms. The van der Waals surface area contributed by atoms with E-state index in [0.717, 1.165) is 29.4 Å². The van der Waals surface area contributed by atoms with Crippen LogP contribution in [0.25, 0.3) is 11.0 Å². The lowest BCUT2D eigenvalue weighted by molar-refractivity contribution is -0.121. The van der Waals surface area contributed by atoms with Gasteiger partial charge in [0.1, 0.15) is 5.58 Å². The summed E-state index contributed by atoms with van der Waals surface area (Å²) in [6.07, 6.45) is 2.73. The summed E-state index contributed by atoms with van der Waals surface area (Å²) >= 11 is 6.10. The van der Waals surface area contributed by atoms with Gasteiger partial charge >= 0.3 is 0 Å². The van der Waals surface area contributed by atoms with Gasteiger partial charge in [0, 0.05) is 36.5 Å². The lowest BCUT2D eigenvalue weighted by atomic mass is 10.2. The van der Waals surface area contributed by atoms with E-state index in [4.69, 9.17) is 16.0 Å². The van der Waals surface area contributed by atoms with Gasteiger partial charge in [-0.25, -0.2) is 0 Å². The summed E-state index contributed by atoms with van der Waals surface area (Å²) in [5.41, 5.74) is 1.74. The molecule has 1 aliphatic carbocycles. The first-order valence-corrected chi connectivity index (χ1v) is 7.28. The van der Waals surface area contributed by atoms with Crippen molar-refractivity contribution in [1.82, 2.24) is 10.6 Å². The number of benzene rings is 1. The minimum absolute atomic E-state index is 0.114. The fraction of sp³-hybridized carbons (Fsp3) is 0.400. The van der Waals surface area contributed by atoms with E-state index >= 15 is 0 Å². The number of hydrogen-bond acceptors (Lipinski definition) is 3. The van der Waals surface area contributed by atoms with E-state index in [1.807, 2.05) is 24.3 Å². The Hall–Kier alpha value is -1.52. The lowest BCUT2D eigenvalue weighted by Crippen LogP contribution is -2.29. The van der Waals surface area contributed by atoms with Crippen molar-refractivity contribution in [1.29, 1.82) is 0 Å². The molecular formula is C15H17ClN2O2. The van der Waals surface area contributed by atoms with Crippen molar-refractivity contribution in [3.05, 3.63) is 35.0 Å². The molecule has 0 bridgehead atoms. The maximum atomic E-state index is 11.5. The molecule has 1 amide bonds. The van der Waals surface area contributed by atoms with Crippen molar-refractivity contribution < 1.29 is 9.21 Å². The van der Waals surface area contributed by atoms with E-state index in [0.29, 0.717) is 30.8 Å². The molecule has 1 heterocycles. The molecule has 2 aromatic rings. The highest BCUT2D eigenvalue weighted by molar-refractivity contribution is 6.30. The minimum Gasteiger partial charge on any atom is -0.444 e. The van der Waals surface area contributed by atoms with Crippen molar-refractivity contribution in [2.75, 3.05) is 6.54 Å². The van der Waals surface area contributed by atoms with Gasteiger partial charge in [-0.3, -0.25) is 4.79 Å². The van der Waals surface area contributed by atoms with Gasteiger partial charge in [0.05, 0.1) is 0 Å². The second-order valence-corrected chi connectivity index (χ2v) is 5.46. The van der Waals surface area contributed by atoms with E-state index in [1.165, 1.54) is 0 Å². The van der Waals surface area contributed by atoms with Crippen LogP contribution in [0.15, 0.2) is 28.7 Å². The van der Waals surface area contributed by atoms with Gasteiger partial charge in [-0.2, -0.15) is 0 Å². The molecular weight excluding hydrogens is 276 g/mol. The van der Waals surface area contributed by atoms with Gasteiger partial charge in [0.2, 0.25) is 5.91 Å². The zero-order valence-corrected chi connectivity index (χ0v) is 11.9. The minimum atomic E-state index is 0.114. The third-order valence-electron chi connectivity index (χ3n) is 3.42. The summed E-state index contributed by atoms with van der Waals surface area (Å²) in [7, 11) is 0. The smallest absolute Gasteiger partial charge is 0.221 e. The van der Waals surface area contributed by atoms with Crippen LogP contribution in [-0.4, -0.2) is 18.5 Å². The van der Waals surface area contributed by atoms with Crippen LogP contribution in [-0.2, 0) is 11.3 Å². The number of carbonyl (C=O) groups is 1. The molecule has 0 spiro atoms. The second-order valence-electron chi connectivity index (χ2n) is 5.12. The largest absolute Gasteiger partial charge is 0.444 e. The zero-order valence-electron chi connectivity index (χ0n) is 11.1. The van der Waals surface area contributed by atoms with Crippen LogP contribution in [0, 0.1) is 0 Å². The quantitative estimate of drug-likeness (QED) is 0.805. The Labute approximate surface area is 122 Å². The summed E-state index contributed by atoms with van der Waals surface area (Å²) < 4.78 is 5.48. The van der Waals surface area contributed by atoms with E-state index in [-0.39, 0.29) is 5.91 Å². The molecule has 0 unspecified atom stereocenters. The first-order chi connectivity index (χ1) is 9.74. The number of furan rings is 1. The van der Waals surface area contributed by atoms with E-state index in [2.05, 4.69) is 10.6 Å². The number of carbonyl (C=O) groups excluding carboxylic acids is 1. The number of rotatable bonds is 6. The van der Waals surface area contributed by atoms with Crippen molar-refractivity contribution in [2.24, 2.45) is 0 Å². The topological polar surface area (TPSA) is 54.3 Å². The molecule has 0 radical (unpaired) electrons. The maximum Gasteiger partial charge on any atom is 0.221 e. The van der Waals surface area contributed by atoms with E-state index in [9.17, 15) is 4.79 Å². The monoisotopic (exact) mass is 292 g/mol. The van der Waals surface area contributed by atoms with Crippen molar-refractivity contribution in [3.8, 4) is 0 Å². The zero-order chi connectivity index (χ0) is 13.9. The van der Waals surface area contributed by atoms with Crippen LogP contribution >= 0.6 is 11.6 Å². The SMILES string of the molecule is O=C(CCNCc1c(Cl)oc2ccccc12)NC1CC1. The normalized spacial score (nSPS) is 14.7. The van der Waals surface area contributed by atoms with Crippen LogP contribution in [0.2, 0.25) is 5.22 Å². The molecule has 1 aromatic carbocycles. The molecule has 5 heteroatoms. The highest BCUT2D eigenvalue weighted by atomic mass is 35.5. The van der Waals surface area contributed by atoms with Crippen molar-refractivity contribution in [3.63, 3.8) is 0 Å². The summed E-state index contributed by atoms with van der Waals surface area (Å²) in [5.74, 6) is 0.114. The highest BCUT2D eigenvalue weighted by Gasteiger charge is 2.22. The van der Waals surface area contributed by atoms with Gasteiger partial charge in [0.25, 0.3) is 0 Å². The fourth-order valence-electron chi connectivity index (χ4n) is 2.18. The standard InChI is InChI=1S/C15H17ClN2O2/c16-15-12(11-3-1-2-4-13(11)20-15)9-17-8-7-14(19)18-10-5-6-10/h1-4,10,17H,5-9H2,(H,18,19). The lowest BCUT2D eigenvalue weighted by Gasteiger charge is -2.05. The van der Waals surface area contributed by atoms with Gasteiger partial charge in [-0.1, -0.05) is 18.2 Å². The first kappa shape index (κ1) is 13.5. The Balaban J connectivity index is 1.51. The summed E-state index contributed by atoms with van der Waals surface area (Å²) in [5, 5.41) is 7.64. The maximum absolute atomic E-state index is 11.5. The number of nitrogens with one attached hydrogen (secondary N) is 2. The van der Waals surface area contributed by atoms with Crippen LogP contribution in [0.5, 0.6) is 0 Å². The van der Waals surface area contributed by atoms with Crippen LogP contribution < -0.4 is 10.6 Å². The molecule has 0 aliphatic heterocycles. The van der Waals surface area contributed by atoms with Gasteiger partial charge < -0.3 is 15.1 Å². The predicted molar refractivity (Wildman–Crippen MR) is 78.7 cm³/mol. The third kappa shape index (κ3) is 3.14. The highest BCUT2D eigenvalue weighted by Crippen LogP contribution is 2.29. The van der Waals surface area contributed by atoms with E-state index in [1.54, 1.807) is 0 Å². The van der Waals surface area contributed by atoms with Crippen molar-refractivity contribution >= 4 is 28.5 Å². The molecule has 4 nitrogen and oxygen atoms in total. The molecule has 1 aliphatic rings. The van der Waals surface area contributed by atoms with Crippen LogP contribution in [0.1, 0.15) is 24.8 Å². The number of para-hydroxylation sites is 1. The molecule has 3 rings (SSSR count). The van der Waals surface area contributed by atoms with Crippen LogP contribution in [0.4, 0.5) is 0 Å². The number of fused-ring (bicyclic) bond motifs is 1. The average Bonchev–Trinajstić information content (AvgIpc) is 3.18. The Kier molecular flexibility index (Phi) is 3.94. The Morgan fingerprint density at radius 3 is 2.95 bits per heavy atom. The molecule has 2 N–H and O–H groups in total. The number of amides is 1. The van der Waals surface area contributed by atoms with Crippen molar-refractivity contribution in [2.45, 2.75) is 31.8 Å². The number of halogens is 1. The average molecular weight is 293 g/mol. The van der Waals surface area contributed by atoms with Gasteiger partial charge in [0.15, 0.2) is 5.22 Å². The molecule has 0 atom stereocenters. The fourth-order valence-corrected chi connectivity index (χ4v) is 2.43. The summed E-state index contributed by atoms with van der Waals surface area (Å²) in [4.78, 5) is 11.5. The molecule has 1 fully saturated rings. The molecule has 106 valence electrons. The van der Waals surface area contributed by atoms with Crippen LogP contribution in [0.3, 0.4) is 0 Å². The summed E-state index contributed by atoms with van der Waals surface area (Å²) in [6, 6.07) is 8.19. The molecule has 0 saturated heterocycles. The second kappa shape index (κ2) is 5.85. The number of hydrogen-bond donors (Lipinski definition) is 2. The molecule has 1 aromatic heterocycles. The Morgan fingerprint density at radius 1 is 1.35 bits per heavy atom. The Bertz CT molecular complexity index is 619. The van der Waals surface area contributed by atoms with Gasteiger partial charge in [-0.15, -0.1) is 0 Å². The van der Waals surface area contributed by atoms with E-state index < -0.39 is 0 Å².